The van der Waals surface area contributed by atoms with Crippen molar-refractivity contribution in [3.8, 4) is 0 Å². The summed E-state index contributed by atoms with van der Waals surface area (Å²) in [6, 6.07) is 13.0. The zero-order valence-electron chi connectivity index (χ0n) is 17.3. The van der Waals surface area contributed by atoms with Crippen LogP contribution in [0.5, 0.6) is 0 Å². The minimum atomic E-state index is -0.348. The fourth-order valence-electron chi connectivity index (χ4n) is 3.13. The molecule has 0 aliphatic rings. The number of amides is 2. The van der Waals surface area contributed by atoms with Crippen molar-refractivity contribution >= 4 is 17.5 Å². The second-order valence-corrected chi connectivity index (χ2v) is 7.19. The fourth-order valence-corrected chi connectivity index (χ4v) is 3.13. The largest absolute Gasteiger partial charge is 0.348 e. The van der Waals surface area contributed by atoms with Gasteiger partial charge in [-0.05, 0) is 54.8 Å². The standard InChI is InChI=1S/C23H25FN4O2/c1-4-6-19-13-21(28(3)27-19)23(30)26-20-12-17(10-9-15(20)2)22(29)25-14-16-7-5-8-18(24)11-16/h5,7-13H,4,6,14H2,1-3H3,(H,25,29)(H,26,30). The van der Waals surface area contributed by atoms with Gasteiger partial charge in [-0.1, -0.05) is 31.5 Å². The lowest BCUT2D eigenvalue weighted by Crippen LogP contribution is -2.23. The van der Waals surface area contributed by atoms with Crippen LogP contribution >= 0.6 is 0 Å². The topological polar surface area (TPSA) is 76.0 Å². The highest BCUT2D eigenvalue weighted by Crippen LogP contribution is 2.19. The van der Waals surface area contributed by atoms with Crippen LogP contribution < -0.4 is 10.6 Å². The van der Waals surface area contributed by atoms with Gasteiger partial charge in [-0.3, -0.25) is 14.3 Å². The third kappa shape index (κ3) is 5.11. The Balaban J connectivity index is 1.71. The molecule has 0 unspecified atom stereocenters. The molecular weight excluding hydrogens is 383 g/mol. The SMILES string of the molecule is CCCc1cc(C(=O)Nc2cc(C(=O)NCc3cccc(F)c3)ccc2C)n(C)n1. The van der Waals surface area contributed by atoms with Crippen molar-refractivity contribution in [3.63, 3.8) is 0 Å². The van der Waals surface area contributed by atoms with Crippen LogP contribution in [0.25, 0.3) is 0 Å². The number of carbonyl (C=O) groups excluding carboxylic acids is 2. The number of aromatic nitrogens is 2. The van der Waals surface area contributed by atoms with Gasteiger partial charge < -0.3 is 10.6 Å². The number of benzene rings is 2. The van der Waals surface area contributed by atoms with Gasteiger partial charge >= 0.3 is 0 Å². The van der Waals surface area contributed by atoms with Crippen LogP contribution in [0.15, 0.2) is 48.5 Å². The van der Waals surface area contributed by atoms with Gasteiger partial charge in [0.15, 0.2) is 0 Å². The lowest BCUT2D eigenvalue weighted by Gasteiger charge is -2.11. The van der Waals surface area contributed by atoms with Crippen molar-refractivity contribution in [2.24, 2.45) is 7.05 Å². The molecule has 0 aliphatic carbocycles. The molecule has 0 saturated heterocycles. The summed E-state index contributed by atoms with van der Waals surface area (Å²) in [5.74, 6) is -0.937. The molecule has 156 valence electrons. The van der Waals surface area contributed by atoms with E-state index in [1.807, 2.05) is 6.92 Å². The molecule has 0 aliphatic heterocycles. The van der Waals surface area contributed by atoms with E-state index in [1.54, 1.807) is 48.1 Å². The minimum Gasteiger partial charge on any atom is -0.348 e. The molecule has 6 nitrogen and oxygen atoms in total. The first-order valence-electron chi connectivity index (χ1n) is 9.85. The number of anilines is 1. The van der Waals surface area contributed by atoms with E-state index in [0.29, 0.717) is 22.5 Å². The zero-order valence-corrected chi connectivity index (χ0v) is 17.3. The molecule has 0 atom stereocenters. The van der Waals surface area contributed by atoms with E-state index >= 15 is 0 Å². The predicted octanol–water partition coefficient (Wildman–Crippen LogP) is 4.00. The summed E-state index contributed by atoms with van der Waals surface area (Å²) in [6.45, 7) is 4.12. The Labute approximate surface area is 175 Å². The average molecular weight is 408 g/mol. The van der Waals surface area contributed by atoms with Crippen molar-refractivity contribution in [3.05, 3.63) is 82.4 Å². The third-order valence-corrected chi connectivity index (χ3v) is 4.76. The van der Waals surface area contributed by atoms with Crippen LogP contribution in [-0.4, -0.2) is 21.6 Å². The Morgan fingerprint density at radius 2 is 1.90 bits per heavy atom. The summed E-state index contributed by atoms with van der Waals surface area (Å²) in [4.78, 5) is 25.2. The summed E-state index contributed by atoms with van der Waals surface area (Å²) >= 11 is 0. The number of aryl methyl sites for hydroxylation is 3. The molecule has 0 spiro atoms. The van der Waals surface area contributed by atoms with Gasteiger partial charge in [0.1, 0.15) is 11.5 Å². The molecule has 1 heterocycles. The highest BCUT2D eigenvalue weighted by Gasteiger charge is 2.15. The number of nitrogens with zero attached hydrogens (tertiary/aromatic N) is 2. The van der Waals surface area contributed by atoms with Crippen molar-refractivity contribution in [2.45, 2.75) is 33.2 Å². The van der Waals surface area contributed by atoms with Crippen LogP contribution in [0.3, 0.4) is 0 Å². The van der Waals surface area contributed by atoms with E-state index in [-0.39, 0.29) is 24.2 Å². The smallest absolute Gasteiger partial charge is 0.273 e. The number of hydrogen-bond donors (Lipinski definition) is 2. The summed E-state index contributed by atoms with van der Waals surface area (Å²) in [5, 5.41) is 9.99. The van der Waals surface area contributed by atoms with E-state index < -0.39 is 0 Å². The normalized spacial score (nSPS) is 10.7. The Hall–Kier alpha value is -3.48. The molecule has 0 saturated carbocycles. The minimum absolute atomic E-state index is 0.210. The van der Waals surface area contributed by atoms with E-state index in [4.69, 9.17) is 0 Å². The molecule has 0 bridgehead atoms. The van der Waals surface area contributed by atoms with Gasteiger partial charge in [0, 0.05) is 24.8 Å². The molecule has 2 amide bonds. The maximum atomic E-state index is 13.3. The first kappa shape index (κ1) is 21.2. The molecule has 7 heteroatoms. The van der Waals surface area contributed by atoms with Gasteiger partial charge in [0.25, 0.3) is 11.8 Å². The average Bonchev–Trinajstić information content (AvgIpc) is 3.08. The van der Waals surface area contributed by atoms with Gasteiger partial charge in [-0.2, -0.15) is 5.10 Å². The predicted molar refractivity (Wildman–Crippen MR) is 114 cm³/mol. The molecular formula is C23H25FN4O2. The second kappa shape index (κ2) is 9.35. The van der Waals surface area contributed by atoms with Crippen LogP contribution in [0.4, 0.5) is 10.1 Å². The number of carbonyl (C=O) groups is 2. The van der Waals surface area contributed by atoms with Crippen LogP contribution in [0, 0.1) is 12.7 Å². The Kier molecular flexibility index (Phi) is 6.61. The van der Waals surface area contributed by atoms with Crippen molar-refractivity contribution in [1.29, 1.82) is 0 Å². The lowest BCUT2D eigenvalue weighted by atomic mass is 10.1. The lowest BCUT2D eigenvalue weighted by molar-refractivity contribution is 0.0949. The maximum absolute atomic E-state index is 13.3. The number of rotatable bonds is 7. The molecule has 1 aromatic heterocycles. The molecule has 3 aromatic rings. The highest BCUT2D eigenvalue weighted by atomic mass is 19.1. The maximum Gasteiger partial charge on any atom is 0.273 e. The van der Waals surface area contributed by atoms with Crippen LogP contribution in [0.1, 0.15) is 51.0 Å². The summed E-state index contributed by atoms with van der Waals surface area (Å²) in [7, 11) is 1.73. The molecule has 2 aromatic carbocycles. The second-order valence-electron chi connectivity index (χ2n) is 7.19. The number of hydrogen-bond acceptors (Lipinski definition) is 3. The molecule has 0 fully saturated rings. The monoisotopic (exact) mass is 408 g/mol. The van der Waals surface area contributed by atoms with Gasteiger partial charge in [0.05, 0.1) is 5.69 Å². The fraction of sp³-hybridized carbons (Fsp3) is 0.261. The summed E-state index contributed by atoms with van der Waals surface area (Å²) < 4.78 is 14.8. The number of nitrogens with one attached hydrogen (secondary N) is 2. The molecule has 30 heavy (non-hydrogen) atoms. The highest BCUT2D eigenvalue weighted by molar-refractivity contribution is 6.04. The van der Waals surface area contributed by atoms with E-state index in [9.17, 15) is 14.0 Å². The molecule has 2 N–H and O–H groups in total. The quantitative estimate of drug-likeness (QED) is 0.620. The van der Waals surface area contributed by atoms with Gasteiger partial charge in [0.2, 0.25) is 0 Å². The Morgan fingerprint density at radius 1 is 1.10 bits per heavy atom. The molecule has 0 radical (unpaired) electrons. The van der Waals surface area contributed by atoms with Crippen molar-refractivity contribution < 1.29 is 14.0 Å². The Bertz CT molecular complexity index is 1070. The van der Waals surface area contributed by atoms with Gasteiger partial charge in [-0.15, -0.1) is 0 Å². The zero-order chi connectivity index (χ0) is 21.7. The van der Waals surface area contributed by atoms with E-state index in [2.05, 4.69) is 22.7 Å². The van der Waals surface area contributed by atoms with Crippen LogP contribution in [-0.2, 0) is 20.0 Å². The van der Waals surface area contributed by atoms with E-state index in [0.717, 1.165) is 24.1 Å². The van der Waals surface area contributed by atoms with Crippen LogP contribution in [0.2, 0.25) is 0 Å². The summed E-state index contributed by atoms with van der Waals surface area (Å²) in [6.07, 6.45) is 1.76. The van der Waals surface area contributed by atoms with Crippen molar-refractivity contribution in [2.75, 3.05) is 5.32 Å². The van der Waals surface area contributed by atoms with Crippen molar-refractivity contribution in [1.82, 2.24) is 15.1 Å². The van der Waals surface area contributed by atoms with E-state index in [1.165, 1.54) is 12.1 Å². The Morgan fingerprint density at radius 3 is 2.63 bits per heavy atom. The molecule has 3 rings (SSSR count). The van der Waals surface area contributed by atoms with Gasteiger partial charge in [-0.25, -0.2) is 4.39 Å². The summed E-state index contributed by atoms with van der Waals surface area (Å²) in [5.41, 5.74) is 3.79. The third-order valence-electron chi connectivity index (χ3n) is 4.76. The number of halogens is 1. The first-order valence-corrected chi connectivity index (χ1v) is 9.85. The first-order chi connectivity index (χ1) is 14.4.